The third-order valence-electron chi connectivity index (χ3n) is 4.57. The second kappa shape index (κ2) is 8.53. The zero-order valence-corrected chi connectivity index (χ0v) is 16.2. The minimum Gasteiger partial charge on any atom is -0.494 e. The number of hydrogen-bond donors (Lipinski definition) is 0. The summed E-state index contributed by atoms with van der Waals surface area (Å²) < 4.78 is 20.6. The first-order valence-electron chi connectivity index (χ1n) is 9.27. The Balaban J connectivity index is 1.69. The maximum absolute atomic E-state index is 13.9. The van der Waals surface area contributed by atoms with Crippen LogP contribution in [0.4, 0.5) is 4.39 Å². The van der Waals surface area contributed by atoms with Crippen LogP contribution in [0, 0.1) is 5.82 Å². The lowest BCUT2D eigenvalue weighted by Crippen LogP contribution is -1.97. The van der Waals surface area contributed by atoms with Gasteiger partial charge in [0.2, 0.25) is 0 Å². The van der Waals surface area contributed by atoms with Crippen LogP contribution >= 0.6 is 0 Å². The van der Waals surface area contributed by atoms with Gasteiger partial charge in [0.25, 0.3) is 0 Å². The third-order valence-corrected chi connectivity index (χ3v) is 4.57. The summed E-state index contributed by atoms with van der Waals surface area (Å²) >= 11 is 0. The highest BCUT2D eigenvalue weighted by Gasteiger charge is 2.12. The van der Waals surface area contributed by atoms with Crippen molar-refractivity contribution in [2.75, 3.05) is 7.11 Å². The van der Waals surface area contributed by atoms with Crippen molar-refractivity contribution in [3.8, 4) is 22.7 Å². The Morgan fingerprint density at radius 1 is 1.07 bits per heavy atom. The fourth-order valence-electron chi connectivity index (χ4n) is 3.04. The molecule has 0 fully saturated rings. The average molecular weight is 399 g/mol. The van der Waals surface area contributed by atoms with Crippen molar-refractivity contribution < 1.29 is 13.9 Å². The highest BCUT2D eigenvalue weighted by atomic mass is 19.1. The Labute approximate surface area is 173 Å². The lowest BCUT2D eigenvalue weighted by atomic mass is 10.1. The highest BCUT2D eigenvalue weighted by molar-refractivity contribution is 6.07. The topological polar surface area (TPSA) is 57.0 Å². The van der Waals surface area contributed by atoms with Gasteiger partial charge >= 0.3 is 0 Å². The standard InChI is InChI=1S/C24H18FN3O2/c1-30-23-10-8-18(15-21(23)25)22(29)9-7-19-16-28(20-5-3-2-4-6-20)27-24(19)17-11-13-26-14-12-17/h2-16H,1H3/b9-7+. The molecule has 0 radical (unpaired) electrons. The van der Waals surface area contributed by atoms with Crippen LogP contribution in [0.25, 0.3) is 23.0 Å². The first kappa shape index (κ1) is 19.3. The van der Waals surface area contributed by atoms with Gasteiger partial charge in [0.05, 0.1) is 12.8 Å². The number of aromatic nitrogens is 3. The largest absolute Gasteiger partial charge is 0.494 e. The molecular weight excluding hydrogens is 381 g/mol. The summed E-state index contributed by atoms with van der Waals surface area (Å²) in [5.74, 6) is -0.796. The van der Waals surface area contributed by atoms with Crippen LogP contribution in [-0.4, -0.2) is 27.7 Å². The van der Waals surface area contributed by atoms with E-state index in [0.717, 1.165) is 16.8 Å². The lowest BCUT2D eigenvalue weighted by molar-refractivity contribution is 0.104. The van der Waals surface area contributed by atoms with E-state index in [1.54, 1.807) is 23.2 Å². The van der Waals surface area contributed by atoms with E-state index in [1.807, 2.05) is 48.7 Å². The smallest absolute Gasteiger partial charge is 0.185 e. The molecule has 0 spiro atoms. The fourth-order valence-corrected chi connectivity index (χ4v) is 3.04. The van der Waals surface area contributed by atoms with Gasteiger partial charge in [-0.1, -0.05) is 18.2 Å². The number of methoxy groups -OCH3 is 1. The maximum Gasteiger partial charge on any atom is 0.185 e. The van der Waals surface area contributed by atoms with E-state index in [1.165, 1.54) is 31.4 Å². The quantitative estimate of drug-likeness (QED) is 0.339. The zero-order chi connectivity index (χ0) is 20.9. The van der Waals surface area contributed by atoms with Crippen LogP contribution in [0.15, 0.2) is 85.3 Å². The second-order valence-electron chi connectivity index (χ2n) is 6.50. The Morgan fingerprint density at radius 2 is 1.83 bits per heavy atom. The van der Waals surface area contributed by atoms with Crippen LogP contribution in [0.1, 0.15) is 15.9 Å². The number of ketones is 1. The van der Waals surface area contributed by atoms with E-state index in [4.69, 9.17) is 4.74 Å². The van der Waals surface area contributed by atoms with Gasteiger partial charge in [-0.2, -0.15) is 5.10 Å². The molecule has 2 aromatic heterocycles. The van der Waals surface area contributed by atoms with Crippen molar-refractivity contribution in [2.45, 2.75) is 0 Å². The molecule has 0 aliphatic rings. The molecule has 2 heterocycles. The molecule has 0 amide bonds. The van der Waals surface area contributed by atoms with E-state index in [2.05, 4.69) is 10.1 Å². The Morgan fingerprint density at radius 3 is 2.53 bits per heavy atom. The van der Waals surface area contributed by atoms with Crippen LogP contribution in [0.5, 0.6) is 5.75 Å². The monoisotopic (exact) mass is 399 g/mol. The van der Waals surface area contributed by atoms with Crippen molar-refractivity contribution in [3.05, 3.63) is 102 Å². The maximum atomic E-state index is 13.9. The van der Waals surface area contributed by atoms with Crippen molar-refractivity contribution in [1.82, 2.24) is 14.8 Å². The van der Waals surface area contributed by atoms with Crippen molar-refractivity contribution in [3.63, 3.8) is 0 Å². The summed E-state index contributed by atoms with van der Waals surface area (Å²) in [6.45, 7) is 0. The van der Waals surface area contributed by atoms with Gasteiger partial charge in [0, 0.05) is 35.3 Å². The molecule has 0 N–H and O–H groups in total. The zero-order valence-electron chi connectivity index (χ0n) is 16.2. The van der Waals surface area contributed by atoms with E-state index in [9.17, 15) is 9.18 Å². The molecule has 0 unspecified atom stereocenters. The van der Waals surface area contributed by atoms with Gasteiger partial charge in [-0.3, -0.25) is 9.78 Å². The number of nitrogens with zero attached hydrogens (tertiary/aromatic N) is 3. The summed E-state index contributed by atoms with van der Waals surface area (Å²) in [4.78, 5) is 16.6. The van der Waals surface area contributed by atoms with E-state index >= 15 is 0 Å². The molecule has 0 bridgehead atoms. The molecule has 2 aromatic carbocycles. The number of benzene rings is 2. The fraction of sp³-hybridized carbons (Fsp3) is 0.0417. The Bertz CT molecular complexity index is 1200. The lowest BCUT2D eigenvalue weighted by Gasteiger charge is -2.02. The summed E-state index contributed by atoms with van der Waals surface area (Å²) in [7, 11) is 1.38. The van der Waals surface area contributed by atoms with E-state index < -0.39 is 5.82 Å². The number of rotatable bonds is 6. The van der Waals surface area contributed by atoms with Crippen LogP contribution < -0.4 is 4.74 Å². The molecule has 4 rings (SSSR count). The van der Waals surface area contributed by atoms with Crippen molar-refractivity contribution in [2.24, 2.45) is 0 Å². The first-order valence-corrected chi connectivity index (χ1v) is 9.27. The van der Waals surface area contributed by atoms with Crippen LogP contribution in [-0.2, 0) is 0 Å². The first-order chi connectivity index (χ1) is 14.7. The Kier molecular flexibility index (Phi) is 5.48. The average Bonchev–Trinajstić information content (AvgIpc) is 3.23. The van der Waals surface area contributed by atoms with E-state index in [-0.39, 0.29) is 17.1 Å². The number of pyridine rings is 1. The molecule has 148 valence electrons. The second-order valence-corrected chi connectivity index (χ2v) is 6.50. The van der Waals surface area contributed by atoms with E-state index in [0.29, 0.717) is 5.69 Å². The number of halogens is 1. The number of hydrogen-bond acceptors (Lipinski definition) is 4. The number of carbonyl (C=O) groups excluding carboxylic acids is 1. The molecule has 0 aliphatic carbocycles. The summed E-state index contributed by atoms with van der Waals surface area (Å²) in [5, 5.41) is 4.69. The van der Waals surface area contributed by atoms with Crippen LogP contribution in [0.2, 0.25) is 0 Å². The van der Waals surface area contributed by atoms with Gasteiger partial charge in [-0.25, -0.2) is 9.07 Å². The molecule has 0 aliphatic heterocycles. The molecular formula is C24H18FN3O2. The number of ether oxygens (including phenoxy) is 1. The number of allylic oxidation sites excluding steroid dienone is 1. The predicted octanol–water partition coefficient (Wildman–Crippen LogP) is 4.98. The van der Waals surface area contributed by atoms with Gasteiger partial charge in [-0.15, -0.1) is 0 Å². The molecule has 0 saturated heterocycles. The molecule has 30 heavy (non-hydrogen) atoms. The summed E-state index contributed by atoms with van der Waals surface area (Å²) in [6.07, 6.45) is 8.33. The molecule has 6 heteroatoms. The molecule has 0 atom stereocenters. The Hall–Kier alpha value is -4.06. The van der Waals surface area contributed by atoms with Crippen LogP contribution in [0.3, 0.4) is 0 Å². The highest BCUT2D eigenvalue weighted by Crippen LogP contribution is 2.25. The van der Waals surface area contributed by atoms with Crippen molar-refractivity contribution >= 4 is 11.9 Å². The summed E-state index contributed by atoms with van der Waals surface area (Å²) in [6, 6.07) is 17.5. The third kappa shape index (κ3) is 4.03. The molecule has 5 nitrogen and oxygen atoms in total. The normalized spacial score (nSPS) is 11.0. The SMILES string of the molecule is COc1ccc(C(=O)/C=C/c2cn(-c3ccccc3)nc2-c2ccncc2)cc1F. The summed E-state index contributed by atoms with van der Waals surface area (Å²) in [5.41, 5.74) is 3.49. The van der Waals surface area contributed by atoms with Gasteiger partial charge in [-0.05, 0) is 54.6 Å². The minimum atomic E-state index is -0.578. The van der Waals surface area contributed by atoms with Gasteiger partial charge in [0.15, 0.2) is 17.3 Å². The number of para-hydroxylation sites is 1. The minimum absolute atomic E-state index is 0.0969. The van der Waals surface area contributed by atoms with Gasteiger partial charge in [0.1, 0.15) is 5.69 Å². The molecule has 4 aromatic rings. The van der Waals surface area contributed by atoms with Gasteiger partial charge < -0.3 is 4.74 Å². The molecule has 0 saturated carbocycles. The predicted molar refractivity (Wildman–Crippen MR) is 113 cm³/mol. The van der Waals surface area contributed by atoms with Crippen molar-refractivity contribution in [1.29, 1.82) is 0 Å². The number of carbonyl (C=O) groups is 1.